The summed E-state index contributed by atoms with van der Waals surface area (Å²) < 4.78 is 5.03. The molecule has 0 aliphatic heterocycles. The van der Waals surface area contributed by atoms with Crippen LogP contribution in [0.25, 0.3) is 0 Å². The van der Waals surface area contributed by atoms with Crippen LogP contribution in [-0.2, 0) is 16.0 Å². The van der Waals surface area contributed by atoms with E-state index in [-0.39, 0.29) is 0 Å². The van der Waals surface area contributed by atoms with Crippen molar-refractivity contribution >= 4 is 11.8 Å². The number of carbonyl (C=O) groups is 2. The van der Waals surface area contributed by atoms with Gasteiger partial charge in [-0.3, -0.25) is 15.0 Å². The highest BCUT2D eigenvalue weighted by atomic mass is 16.3. The molecule has 1 heterocycles. The van der Waals surface area contributed by atoms with Gasteiger partial charge in [-0.1, -0.05) is 0 Å². The third kappa shape index (κ3) is 2.91. The quantitative estimate of drug-likeness (QED) is 0.249. The topological polar surface area (TPSA) is 97.4 Å². The first-order valence-electron chi connectivity index (χ1n) is 4.05. The first kappa shape index (κ1) is 10.3. The molecule has 0 radical (unpaired) electrons. The monoisotopic (exact) mass is 197 g/mol. The van der Waals surface area contributed by atoms with E-state index in [9.17, 15) is 9.59 Å². The molecular formula is C8H11N3O3. The molecule has 0 spiro atoms. The minimum absolute atomic E-state index is 0.333. The molecule has 0 atom stereocenters. The van der Waals surface area contributed by atoms with E-state index in [0.717, 1.165) is 5.76 Å². The lowest BCUT2D eigenvalue weighted by molar-refractivity contribution is -0.139. The molecule has 0 fully saturated rings. The van der Waals surface area contributed by atoms with Crippen LogP contribution in [0.5, 0.6) is 0 Å². The predicted molar refractivity (Wildman–Crippen MR) is 47.8 cm³/mol. The Morgan fingerprint density at radius 3 is 2.79 bits per heavy atom. The van der Waals surface area contributed by atoms with Gasteiger partial charge in [0.1, 0.15) is 5.76 Å². The van der Waals surface area contributed by atoms with Crippen LogP contribution >= 0.6 is 0 Å². The van der Waals surface area contributed by atoms with Gasteiger partial charge in [-0.25, -0.2) is 5.84 Å². The Hall–Kier alpha value is -1.82. The Bertz CT molecular complexity index is 308. The molecule has 1 rings (SSSR count). The molecule has 0 aromatic carbocycles. The Labute approximate surface area is 80.4 Å². The van der Waals surface area contributed by atoms with Gasteiger partial charge in [-0.2, -0.15) is 0 Å². The van der Waals surface area contributed by atoms with E-state index in [1.54, 1.807) is 23.8 Å². The summed E-state index contributed by atoms with van der Waals surface area (Å²) in [6.07, 6.45) is 2.08. The number of hydrogen-bond acceptors (Lipinski definition) is 4. The van der Waals surface area contributed by atoms with Crippen LogP contribution in [0.3, 0.4) is 0 Å². The molecule has 2 amide bonds. The van der Waals surface area contributed by atoms with Crippen molar-refractivity contribution in [3.8, 4) is 0 Å². The van der Waals surface area contributed by atoms with Crippen molar-refractivity contribution in [2.75, 3.05) is 6.54 Å². The zero-order valence-corrected chi connectivity index (χ0v) is 7.45. The second-order valence-electron chi connectivity index (χ2n) is 2.56. The summed E-state index contributed by atoms with van der Waals surface area (Å²) in [6, 6.07) is 3.54. The van der Waals surface area contributed by atoms with Crippen LogP contribution in [0.1, 0.15) is 5.76 Å². The van der Waals surface area contributed by atoms with E-state index < -0.39 is 11.8 Å². The summed E-state index contributed by atoms with van der Waals surface area (Å²) in [4.78, 5) is 21.5. The molecule has 14 heavy (non-hydrogen) atoms. The number of hydrogen-bond donors (Lipinski definition) is 3. The van der Waals surface area contributed by atoms with Crippen molar-refractivity contribution in [2.24, 2.45) is 5.84 Å². The van der Waals surface area contributed by atoms with Gasteiger partial charge >= 0.3 is 11.8 Å². The largest absolute Gasteiger partial charge is 0.469 e. The zero-order valence-electron chi connectivity index (χ0n) is 7.45. The molecule has 4 N–H and O–H groups in total. The van der Waals surface area contributed by atoms with Gasteiger partial charge in [-0.05, 0) is 12.1 Å². The van der Waals surface area contributed by atoms with E-state index in [2.05, 4.69) is 5.32 Å². The van der Waals surface area contributed by atoms with Crippen molar-refractivity contribution in [3.05, 3.63) is 24.2 Å². The first-order valence-corrected chi connectivity index (χ1v) is 4.05. The van der Waals surface area contributed by atoms with Crippen molar-refractivity contribution in [2.45, 2.75) is 6.42 Å². The Balaban J connectivity index is 2.22. The van der Waals surface area contributed by atoms with E-state index in [1.807, 2.05) is 0 Å². The lowest BCUT2D eigenvalue weighted by atomic mass is 10.3. The number of furan rings is 1. The maximum atomic E-state index is 10.9. The number of hydrazine groups is 1. The molecular weight excluding hydrogens is 186 g/mol. The number of nitrogens with two attached hydrogens (primary N) is 1. The molecule has 0 aliphatic rings. The van der Waals surface area contributed by atoms with Crippen LogP contribution in [-0.4, -0.2) is 18.4 Å². The number of amides is 2. The van der Waals surface area contributed by atoms with Crippen LogP contribution in [0, 0.1) is 0 Å². The highest BCUT2D eigenvalue weighted by molar-refractivity contribution is 6.34. The molecule has 1 aromatic rings. The first-order chi connectivity index (χ1) is 6.74. The van der Waals surface area contributed by atoms with Crippen molar-refractivity contribution in [1.29, 1.82) is 0 Å². The maximum Gasteiger partial charge on any atom is 0.323 e. The summed E-state index contributed by atoms with van der Waals surface area (Å²) in [6.45, 7) is 0.333. The maximum absolute atomic E-state index is 10.9. The number of rotatable bonds is 3. The second-order valence-corrected chi connectivity index (χ2v) is 2.56. The molecule has 0 saturated carbocycles. The molecule has 0 bridgehead atoms. The van der Waals surface area contributed by atoms with E-state index in [0.29, 0.717) is 13.0 Å². The summed E-state index contributed by atoms with van der Waals surface area (Å²) in [7, 11) is 0. The highest BCUT2D eigenvalue weighted by Crippen LogP contribution is 1.99. The minimum atomic E-state index is -0.857. The van der Waals surface area contributed by atoms with Crippen molar-refractivity contribution < 1.29 is 14.0 Å². The summed E-state index contributed by atoms with van der Waals surface area (Å²) in [5.41, 5.74) is 1.73. The predicted octanol–water partition coefficient (Wildman–Crippen LogP) is -1.07. The fraction of sp³-hybridized carbons (Fsp3) is 0.250. The lowest BCUT2D eigenvalue weighted by Crippen LogP contribution is -2.43. The standard InChI is InChI=1S/C8H11N3O3/c9-11-8(13)7(12)10-4-3-6-2-1-5-14-6/h1-2,5H,3-4,9H2,(H,10,12)(H,11,13). The van der Waals surface area contributed by atoms with Crippen LogP contribution in [0.4, 0.5) is 0 Å². The fourth-order valence-electron chi connectivity index (χ4n) is 0.900. The highest BCUT2D eigenvalue weighted by Gasteiger charge is 2.10. The van der Waals surface area contributed by atoms with Crippen LogP contribution in [0.15, 0.2) is 22.8 Å². The van der Waals surface area contributed by atoms with Gasteiger partial charge in [0.25, 0.3) is 0 Å². The SMILES string of the molecule is NNC(=O)C(=O)NCCc1ccco1. The molecule has 6 nitrogen and oxygen atoms in total. The molecule has 6 heteroatoms. The average Bonchev–Trinajstić information content (AvgIpc) is 2.69. The van der Waals surface area contributed by atoms with Crippen molar-refractivity contribution in [1.82, 2.24) is 10.7 Å². The summed E-state index contributed by atoms with van der Waals surface area (Å²) in [5, 5.41) is 2.38. The minimum Gasteiger partial charge on any atom is -0.469 e. The van der Waals surface area contributed by atoms with Gasteiger partial charge in [0, 0.05) is 13.0 Å². The third-order valence-corrected chi connectivity index (χ3v) is 1.57. The molecule has 0 unspecified atom stereocenters. The Morgan fingerprint density at radius 1 is 1.43 bits per heavy atom. The normalized spacial score (nSPS) is 9.50. The lowest BCUT2D eigenvalue weighted by Gasteiger charge is -2.01. The molecule has 0 aliphatic carbocycles. The summed E-state index contributed by atoms with van der Waals surface area (Å²) in [5.74, 6) is 3.90. The van der Waals surface area contributed by atoms with Gasteiger partial charge in [0.2, 0.25) is 0 Å². The molecule has 0 saturated heterocycles. The second kappa shape index (κ2) is 5.03. The molecule has 76 valence electrons. The van der Waals surface area contributed by atoms with Gasteiger partial charge in [-0.15, -0.1) is 0 Å². The summed E-state index contributed by atoms with van der Waals surface area (Å²) >= 11 is 0. The average molecular weight is 197 g/mol. The zero-order chi connectivity index (χ0) is 10.4. The Morgan fingerprint density at radius 2 is 2.21 bits per heavy atom. The number of carbonyl (C=O) groups excluding carboxylic acids is 2. The van der Waals surface area contributed by atoms with Gasteiger partial charge in [0.05, 0.1) is 6.26 Å². The number of nitrogens with one attached hydrogen (secondary N) is 2. The fourth-order valence-corrected chi connectivity index (χ4v) is 0.900. The Kier molecular flexibility index (Phi) is 3.69. The van der Waals surface area contributed by atoms with Crippen molar-refractivity contribution in [3.63, 3.8) is 0 Å². The van der Waals surface area contributed by atoms with Gasteiger partial charge < -0.3 is 9.73 Å². The third-order valence-electron chi connectivity index (χ3n) is 1.57. The smallest absolute Gasteiger partial charge is 0.323 e. The van der Waals surface area contributed by atoms with E-state index in [1.165, 1.54) is 0 Å². The van der Waals surface area contributed by atoms with Crippen LogP contribution in [0.2, 0.25) is 0 Å². The molecule has 1 aromatic heterocycles. The van der Waals surface area contributed by atoms with Gasteiger partial charge in [0.15, 0.2) is 0 Å². The van der Waals surface area contributed by atoms with Crippen LogP contribution < -0.4 is 16.6 Å². The van der Waals surface area contributed by atoms with E-state index in [4.69, 9.17) is 10.3 Å². The van der Waals surface area contributed by atoms with E-state index >= 15 is 0 Å².